The Morgan fingerprint density at radius 2 is 1.91 bits per heavy atom. The van der Waals surface area contributed by atoms with Crippen molar-refractivity contribution in [3.63, 3.8) is 0 Å². The van der Waals surface area contributed by atoms with Crippen molar-refractivity contribution in [2.45, 2.75) is 65.3 Å². The molecule has 0 saturated heterocycles. The number of nitrogens with zero attached hydrogens (tertiary/aromatic N) is 1. The fourth-order valence-corrected chi connectivity index (χ4v) is 3.51. The van der Waals surface area contributed by atoms with Crippen LogP contribution >= 0.6 is 12.4 Å². The highest BCUT2D eigenvalue weighted by Gasteiger charge is 2.25. The Hall–Kier alpha value is -1.06. The monoisotopic (exact) mass is 338 g/mol. The minimum atomic E-state index is 0. The number of benzene rings is 1. The Labute approximate surface area is 147 Å². The first-order valence-corrected chi connectivity index (χ1v) is 8.84. The molecule has 0 aliphatic heterocycles. The third kappa shape index (κ3) is 5.22. The van der Waals surface area contributed by atoms with Crippen LogP contribution in [-0.2, 0) is 17.6 Å². The van der Waals surface area contributed by atoms with E-state index in [1.807, 2.05) is 13.0 Å². The quantitative estimate of drug-likeness (QED) is 0.797. The smallest absolute Gasteiger partial charge is 0.224 e. The van der Waals surface area contributed by atoms with E-state index in [-0.39, 0.29) is 18.3 Å². The summed E-state index contributed by atoms with van der Waals surface area (Å²) < 4.78 is 0. The Bertz CT molecular complexity index is 498. The highest BCUT2D eigenvalue weighted by molar-refractivity contribution is 5.91. The van der Waals surface area contributed by atoms with Crippen LogP contribution in [0.25, 0.3) is 0 Å². The number of fused-ring (bicyclic) bond motifs is 1. The van der Waals surface area contributed by atoms with Gasteiger partial charge in [0.1, 0.15) is 0 Å². The number of nitrogens with one attached hydrogen (secondary N) is 1. The number of anilines is 1. The van der Waals surface area contributed by atoms with Gasteiger partial charge in [-0.2, -0.15) is 0 Å². The molecule has 0 saturated carbocycles. The molecule has 1 amide bonds. The van der Waals surface area contributed by atoms with Gasteiger partial charge >= 0.3 is 0 Å². The van der Waals surface area contributed by atoms with Crippen molar-refractivity contribution in [1.82, 2.24) is 4.90 Å². The maximum Gasteiger partial charge on any atom is 0.224 e. The lowest BCUT2D eigenvalue weighted by Gasteiger charge is -2.35. The fourth-order valence-electron chi connectivity index (χ4n) is 3.51. The number of amides is 1. The second kappa shape index (κ2) is 9.94. The summed E-state index contributed by atoms with van der Waals surface area (Å²) in [6.45, 7) is 8.81. The van der Waals surface area contributed by atoms with Gasteiger partial charge in [-0.25, -0.2) is 0 Å². The zero-order chi connectivity index (χ0) is 15.9. The largest absolute Gasteiger partial charge is 0.326 e. The number of hydrogen-bond acceptors (Lipinski definition) is 2. The van der Waals surface area contributed by atoms with Crippen molar-refractivity contribution in [3.8, 4) is 0 Å². The van der Waals surface area contributed by atoms with Crippen LogP contribution in [0.3, 0.4) is 0 Å². The number of hydrogen-bond donors (Lipinski definition) is 1. The van der Waals surface area contributed by atoms with Gasteiger partial charge in [0.05, 0.1) is 0 Å². The summed E-state index contributed by atoms with van der Waals surface area (Å²) in [6.07, 6.45) is 6.36. The van der Waals surface area contributed by atoms with Crippen LogP contribution in [0.15, 0.2) is 18.2 Å². The van der Waals surface area contributed by atoms with Gasteiger partial charge < -0.3 is 10.2 Å². The van der Waals surface area contributed by atoms with E-state index >= 15 is 0 Å². The lowest BCUT2D eigenvalue weighted by atomic mass is 9.86. The number of carbonyl (C=O) groups excluding carboxylic acids is 1. The van der Waals surface area contributed by atoms with Crippen LogP contribution in [0, 0.1) is 0 Å². The fraction of sp³-hybridized carbons (Fsp3) is 0.632. The average Bonchev–Trinajstić information content (AvgIpc) is 2.54. The van der Waals surface area contributed by atoms with E-state index in [4.69, 9.17) is 0 Å². The van der Waals surface area contributed by atoms with Gasteiger partial charge in [0.15, 0.2) is 0 Å². The Kier molecular flexibility index (Phi) is 8.64. The summed E-state index contributed by atoms with van der Waals surface area (Å²) >= 11 is 0. The molecule has 130 valence electrons. The summed E-state index contributed by atoms with van der Waals surface area (Å²) in [6, 6.07) is 7.02. The van der Waals surface area contributed by atoms with Gasteiger partial charge in [-0.15, -0.1) is 12.4 Å². The lowest BCUT2D eigenvalue weighted by molar-refractivity contribution is -0.115. The number of halogens is 1. The van der Waals surface area contributed by atoms with Crippen molar-refractivity contribution in [2.24, 2.45) is 0 Å². The van der Waals surface area contributed by atoms with Crippen molar-refractivity contribution < 1.29 is 4.79 Å². The molecule has 4 heteroatoms. The highest BCUT2D eigenvalue weighted by atomic mass is 35.5. The van der Waals surface area contributed by atoms with Crippen LogP contribution in [0.5, 0.6) is 0 Å². The molecular weight excluding hydrogens is 308 g/mol. The van der Waals surface area contributed by atoms with Crippen LogP contribution in [0.4, 0.5) is 5.69 Å². The van der Waals surface area contributed by atoms with E-state index in [0.717, 1.165) is 18.5 Å². The summed E-state index contributed by atoms with van der Waals surface area (Å²) in [5, 5.41) is 3.06. The zero-order valence-electron chi connectivity index (χ0n) is 14.7. The van der Waals surface area contributed by atoms with E-state index < -0.39 is 0 Å². The summed E-state index contributed by atoms with van der Waals surface area (Å²) in [7, 11) is 0. The number of rotatable bonds is 7. The molecule has 1 unspecified atom stereocenters. The molecule has 0 radical (unpaired) electrons. The van der Waals surface area contributed by atoms with Gasteiger partial charge in [-0.1, -0.05) is 32.9 Å². The van der Waals surface area contributed by atoms with Crippen LogP contribution < -0.4 is 5.32 Å². The van der Waals surface area contributed by atoms with Gasteiger partial charge in [0.2, 0.25) is 5.91 Å². The van der Waals surface area contributed by atoms with Crippen molar-refractivity contribution in [2.75, 3.05) is 18.4 Å². The van der Waals surface area contributed by atoms with Crippen LogP contribution in [0.2, 0.25) is 0 Å². The van der Waals surface area contributed by atoms with Gasteiger partial charge in [0, 0.05) is 18.2 Å². The predicted octanol–water partition coefficient (Wildman–Crippen LogP) is 4.44. The van der Waals surface area contributed by atoms with E-state index in [1.54, 1.807) is 0 Å². The highest BCUT2D eigenvalue weighted by Crippen LogP contribution is 2.30. The van der Waals surface area contributed by atoms with Crippen LogP contribution in [0.1, 0.15) is 57.6 Å². The van der Waals surface area contributed by atoms with E-state index in [1.165, 1.54) is 43.5 Å². The predicted molar refractivity (Wildman–Crippen MR) is 101 cm³/mol. The molecule has 0 bridgehead atoms. The third-order valence-corrected chi connectivity index (χ3v) is 4.59. The second-order valence-electron chi connectivity index (χ2n) is 6.28. The van der Waals surface area contributed by atoms with E-state index in [9.17, 15) is 4.79 Å². The first kappa shape index (κ1) is 20.0. The molecule has 2 rings (SSSR count). The minimum Gasteiger partial charge on any atom is -0.326 e. The molecule has 3 nitrogen and oxygen atoms in total. The van der Waals surface area contributed by atoms with Gasteiger partial charge in [-0.05, 0) is 62.4 Å². The maximum atomic E-state index is 11.7. The molecule has 0 fully saturated rings. The van der Waals surface area contributed by atoms with Crippen molar-refractivity contribution in [1.29, 1.82) is 0 Å². The topological polar surface area (TPSA) is 32.3 Å². The molecule has 0 spiro atoms. The maximum absolute atomic E-state index is 11.7. The normalized spacial score (nSPS) is 16.6. The SMILES string of the molecule is CCCN(CCC)C1CCc2c(cccc2NC(=O)CC)C1.Cl. The van der Waals surface area contributed by atoms with Gasteiger partial charge in [-0.3, -0.25) is 4.79 Å². The molecule has 1 aliphatic carbocycles. The second-order valence-corrected chi connectivity index (χ2v) is 6.28. The first-order valence-electron chi connectivity index (χ1n) is 8.84. The van der Waals surface area contributed by atoms with Crippen molar-refractivity contribution >= 4 is 24.0 Å². The zero-order valence-corrected chi connectivity index (χ0v) is 15.5. The Balaban J connectivity index is 0.00000264. The average molecular weight is 339 g/mol. The molecule has 1 N–H and O–H groups in total. The van der Waals surface area contributed by atoms with Gasteiger partial charge in [0.25, 0.3) is 0 Å². The standard InChI is InChI=1S/C19H30N2O.ClH/c1-4-12-21(13-5-2)16-10-11-17-15(14-16)8-7-9-18(17)20-19(22)6-3;/h7-9,16H,4-6,10-14H2,1-3H3,(H,20,22);1H. The third-order valence-electron chi connectivity index (χ3n) is 4.59. The van der Waals surface area contributed by atoms with E-state index in [0.29, 0.717) is 12.5 Å². The summed E-state index contributed by atoms with van der Waals surface area (Å²) in [4.78, 5) is 14.3. The number of carbonyl (C=O) groups is 1. The molecule has 0 heterocycles. The van der Waals surface area contributed by atoms with E-state index in [2.05, 4.69) is 36.2 Å². The summed E-state index contributed by atoms with van der Waals surface area (Å²) in [5.41, 5.74) is 3.80. The minimum absolute atomic E-state index is 0. The Morgan fingerprint density at radius 3 is 2.52 bits per heavy atom. The van der Waals surface area contributed by atoms with Crippen LogP contribution in [-0.4, -0.2) is 29.9 Å². The molecular formula is C19H31ClN2O. The molecule has 1 aliphatic rings. The molecule has 23 heavy (non-hydrogen) atoms. The molecule has 1 atom stereocenters. The first-order chi connectivity index (χ1) is 10.7. The Morgan fingerprint density at radius 1 is 1.22 bits per heavy atom. The van der Waals surface area contributed by atoms with Crippen molar-refractivity contribution in [3.05, 3.63) is 29.3 Å². The molecule has 0 aromatic heterocycles. The molecule has 1 aromatic carbocycles. The lowest BCUT2D eigenvalue weighted by Crippen LogP contribution is -2.40. The summed E-state index contributed by atoms with van der Waals surface area (Å²) in [5.74, 6) is 0.106. The molecule has 1 aromatic rings.